The molecule has 250 valence electrons. The first kappa shape index (κ1) is 33.4. The lowest BCUT2D eigenvalue weighted by Gasteiger charge is -2.48. The van der Waals surface area contributed by atoms with Crippen LogP contribution in [0.3, 0.4) is 0 Å². The number of aliphatic hydroxyl groups is 1. The molecule has 0 saturated heterocycles. The Bertz CT molecular complexity index is 1740. The van der Waals surface area contributed by atoms with Crippen LogP contribution in [0.4, 0.5) is 5.69 Å². The molecule has 1 aliphatic carbocycles. The van der Waals surface area contributed by atoms with Crippen LogP contribution in [0.15, 0.2) is 67.1 Å². The molecule has 2 N–H and O–H groups in total. The lowest BCUT2D eigenvalue weighted by molar-refractivity contribution is -0.0451. The van der Waals surface area contributed by atoms with Gasteiger partial charge >= 0.3 is 0 Å². The number of nitrogens with one attached hydrogen (secondary N) is 1. The zero-order valence-electron chi connectivity index (χ0n) is 26.9. The Labute approximate surface area is 282 Å². The summed E-state index contributed by atoms with van der Waals surface area (Å²) in [5.74, 6) is -0.230. The number of benzene rings is 2. The summed E-state index contributed by atoms with van der Waals surface area (Å²) in [6.45, 7) is 5.14. The van der Waals surface area contributed by atoms with E-state index in [2.05, 4.69) is 19.6 Å². The summed E-state index contributed by atoms with van der Waals surface area (Å²) in [7, 11) is -3.99. The normalized spacial score (nSPS) is 28.7. The van der Waals surface area contributed by atoms with Crippen molar-refractivity contribution >= 4 is 33.2 Å². The number of hydrogen-bond acceptors (Lipinski definition) is 8. The minimum atomic E-state index is -3.99. The van der Waals surface area contributed by atoms with Crippen molar-refractivity contribution in [3.8, 4) is 5.75 Å². The predicted octanol–water partition coefficient (Wildman–Crippen LogP) is 5.90. The van der Waals surface area contributed by atoms with E-state index in [4.69, 9.17) is 16.3 Å². The van der Waals surface area contributed by atoms with Crippen LogP contribution in [0.1, 0.15) is 73.1 Å². The van der Waals surface area contributed by atoms with Crippen LogP contribution in [-0.2, 0) is 29.5 Å². The van der Waals surface area contributed by atoms with Crippen molar-refractivity contribution < 1.29 is 23.1 Å². The molecule has 5 atom stereocenters. The number of halogens is 1. The topological polar surface area (TPSA) is 122 Å². The zero-order chi connectivity index (χ0) is 33.2. The summed E-state index contributed by atoms with van der Waals surface area (Å²) in [4.78, 5) is 24.2. The highest BCUT2D eigenvalue weighted by molar-refractivity contribution is 7.90. The minimum absolute atomic E-state index is 0.0430. The van der Waals surface area contributed by atoms with Crippen molar-refractivity contribution in [2.24, 2.45) is 17.8 Å². The monoisotopic (exact) mass is 678 g/mol. The Morgan fingerprint density at radius 2 is 1.96 bits per heavy atom. The number of carbonyl (C=O) groups is 1. The molecule has 1 saturated carbocycles. The van der Waals surface area contributed by atoms with Crippen LogP contribution < -0.4 is 14.4 Å². The van der Waals surface area contributed by atoms with E-state index < -0.39 is 26.8 Å². The van der Waals surface area contributed by atoms with Gasteiger partial charge in [-0.2, -0.15) is 0 Å². The summed E-state index contributed by atoms with van der Waals surface area (Å²) in [6, 6.07) is 12.8. The fourth-order valence-electron chi connectivity index (χ4n) is 7.10. The van der Waals surface area contributed by atoms with Crippen molar-refractivity contribution in [3.63, 3.8) is 0 Å². The summed E-state index contributed by atoms with van der Waals surface area (Å²) in [6.07, 6.45) is 12.2. The second-order valence-electron chi connectivity index (χ2n) is 13.4. The first-order chi connectivity index (χ1) is 22.5. The number of sulfonamides is 1. The van der Waals surface area contributed by atoms with Crippen LogP contribution in [0, 0.1) is 17.8 Å². The van der Waals surface area contributed by atoms with Gasteiger partial charge in [0.25, 0.3) is 5.91 Å². The number of ether oxygens (including phenoxy) is 1. The second kappa shape index (κ2) is 13.9. The van der Waals surface area contributed by atoms with E-state index >= 15 is 0 Å². The van der Waals surface area contributed by atoms with E-state index in [0.29, 0.717) is 43.3 Å². The lowest BCUT2D eigenvalue weighted by Crippen LogP contribution is -2.51. The van der Waals surface area contributed by atoms with Crippen molar-refractivity contribution in [3.05, 3.63) is 94.5 Å². The van der Waals surface area contributed by atoms with Crippen LogP contribution >= 0.6 is 11.6 Å². The molecule has 2 aliphatic heterocycles. The van der Waals surface area contributed by atoms with E-state index in [-0.39, 0.29) is 23.3 Å². The maximum Gasteiger partial charge on any atom is 0.264 e. The number of allylic oxidation sites excluding steroid dienone is 1. The van der Waals surface area contributed by atoms with Crippen molar-refractivity contribution in [1.29, 1.82) is 0 Å². The first-order valence-corrected chi connectivity index (χ1v) is 18.4. The summed E-state index contributed by atoms with van der Waals surface area (Å²) >= 11 is 6.35. The maximum atomic E-state index is 13.5. The number of hydrogen-bond donors (Lipinski definition) is 2. The minimum Gasteiger partial charge on any atom is -0.487 e. The lowest BCUT2D eigenvalue weighted by atomic mass is 9.63. The number of aromatic nitrogens is 2. The molecule has 3 heterocycles. The van der Waals surface area contributed by atoms with Gasteiger partial charge in [0, 0.05) is 42.0 Å². The molecule has 0 unspecified atom stereocenters. The molecule has 11 heteroatoms. The Hall–Kier alpha value is -3.47. The van der Waals surface area contributed by atoms with E-state index in [0.717, 1.165) is 54.6 Å². The molecule has 2 aromatic carbocycles. The predicted molar refractivity (Wildman–Crippen MR) is 183 cm³/mol. The fraction of sp³-hybridized carbons (Fsp3) is 0.472. The number of carbonyl (C=O) groups excluding carboxylic acids is 1. The highest BCUT2D eigenvalue weighted by Crippen LogP contribution is 2.46. The van der Waals surface area contributed by atoms with Crippen molar-refractivity contribution in [1.82, 2.24) is 14.7 Å². The largest absolute Gasteiger partial charge is 0.487 e. The van der Waals surface area contributed by atoms with Gasteiger partial charge in [-0.05, 0) is 111 Å². The van der Waals surface area contributed by atoms with Gasteiger partial charge in [-0.3, -0.25) is 4.79 Å². The number of fused-ring (bicyclic) bond motifs is 3. The van der Waals surface area contributed by atoms with Gasteiger partial charge < -0.3 is 14.7 Å². The Morgan fingerprint density at radius 1 is 1.11 bits per heavy atom. The molecule has 1 aromatic heterocycles. The van der Waals surface area contributed by atoms with Crippen LogP contribution in [0.25, 0.3) is 0 Å². The van der Waals surface area contributed by atoms with E-state index in [1.54, 1.807) is 31.3 Å². The van der Waals surface area contributed by atoms with Gasteiger partial charge in [-0.15, -0.1) is 0 Å². The molecule has 2 bridgehead atoms. The summed E-state index contributed by atoms with van der Waals surface area (Å²) < 4.78 is 35.5. The number of nitrogens with zero attached hydrogens (tertiary/aromatic N) is 3. The molecular weight excluding hydrogens is 636 g/mol. The second-order valence-corrected chi connectivity index (χ2v) is 15.9. The molecule has 1 amide bonds. The zero-order valence-corrected chi connectivity index (χ0v) is 28.5. The Morgan fingerprint density at radius 3 is 2.72 bits per heavy atom. The Kier molecular flexibility index (Phi) is 9.92. The van der Waals surface area contributed by atoms with Gasteiger partial charge in [0.05, 0.1) is 16.5 Å². The molecule has 1 fully saturated rings. The van der Waals surface area contributed by atoms with Crippen LogP contribution in [0.2, 0.25) is 5.02 Å². The van der Waals surface area contributed by atoms with Crippen LogP contribution in [-0.4, -0.2) is 53.3 Å². The van der Waals surface area contributed by atoms with Gasteiger partial charge in [-0.25, -0.2) is 23.1 Å². The van der Waals surface area contributed by atoms with Crippen molar-refractivity contribution in [2.45, 2.75) is 76.3 Å². The SMILES string of the molecule is C[C@@H]1[C@@H](C)C/C=C/[C@](O)(Cc2ccncn2)[C@@H]2CC[C@H]2CN2CCCCc3cc(Cl)ccc3COc3ccc(cc32)C(=O)NS1(=O)=O. The van der Waals surface area contributed by atoms with E-state index in [1.165, 1.54) is 6.33 Å². The summed E-state index contributed by atoms with van der Waals surface area (Å²) in [5, 5.41) is 12.2. The number of anilines is 1. The van der Waals surface area contributed by atoms with E-state index in [1.807, 2.05) is 43.3 Å². The maximum absolute atomic E-state index is 13.5. The Balaban J connectivity index is 1.41. The molecular formula is C36H43ClN4O5S. The quantitative estimate of drug-likeness (QED) is 0.322. The molecule has 47 heavy (non-hydrogen) atoms. The number of aryl methyl sites for hydroxylation is 1. The molecule has 0 spiro atoms. The van der Waals surface area contributed by atoms with Gasteiger partial charge in [0.2, 0.25) is 10.0 Å². The van der Waals surface area contributed by atoms with Gasteiger partial charge in [0.15, 0.2) is 0 Å². The third-order valence-corrected chi connectivity index (χ3v) is 12.4. The average molecular weight is 679 g/mol. The van der Waals surface area contributed by atoms with E-state index in [9.17, 15) is 18.3 Å². The first-order valence-electron chi connectivity index (χ1n) is 16.5. The highest BCUT2D eigenvalue weighted by Gasteiger charge is 2.46. The smallest absolute Gasteiger partial charge is 0.264 e. The van der Waals surface area contributed by atoms with Crippen molar-refractivity contribution in [2.75, 3.05) is 18.0 Å². The molecule has 3 aliphatic rings. The molecule has 6 rings (SSSR count). The number of rotatable bonds is 2. The molecule has 0 radical (unpaired) electrons. The van der Waals surface area contributed by atoms with Gasteiger partial charge in [-0.1, -0.05) is 36.7 Å². The summed E-state index contributed by atoms with van der Waals surface area (Å²) in [5.41, 5.74) is 2.77. The third-order valence-electron chi connectivity index (χ3n) is 10.3. The standard InChI is InChI=1S/C36H43ClN4O5S/c1-24-6-5-15-36(43,20-31-14-16-38-23-39-31)32-12-9-28(32)21-41-17-4-3-7-26-18-30(37)11-8-29(26)22-46-34-13-10-27(19-33(34)41)35(42)40-47(44,45)25(24)2/h5,8,10-11,13-16,18-19,23-25,28,32,43H,3-4,6-7,9,12,17,20-22H2,1-2H3,(H,40,42)/b15-5+/t24-,25+,28-,32+,36-/m0/s1. The number of amides is 1. The third kappa shape index (κ3) is 7.50. The average Bonchev–Trinajstić information content (AvgIpc) is 3.05. The fourth-order valence-corrected chi connectivity index (χ4v) is 8.58. The van der Waals surface area contributed by atoms with Gasteiger partial charge in [0.1, 0.15) is 18.7 Å². The molecule has 9 nitrogen and oxygen atoms in total. The highest BCUT2D eigenvalue weighted by atomic mass is 35.5. The molecule has 3 aromatic rings. The van der Waals surface area contributed by atoms with Crippen LogP contribution in [0.5, 0.6) is 5.75 Å².